The molecule has 9 aromatic rings. The Morgan fingerprint density at radius 2 is 0.896 bits per heavy atom. The van der Waals surface area contributed by atoms with Crippen molar-refractivity contribution in [3.8, 4) is 11.5 Å². The molecule has 3 aliphatic heterocycles. The van der Waals surface area contributed by atoms with Crippen molar-refractivity contribution in [1.82, 2.24) is 0 Å². The number of ether oxygens (including phenoxy) is 1. The monoisotopic (exact) mass is 844 g/mol. The molecule has 0 fully saturated rings. The molecule has 224 valence electrons. The molecule has 0 atom stereocenters. The fraction of sp³-hybridized carbons (Fsp3) is 0. The summed E-state index contributed by atoms with van der Waals surface area (Å²) in [5.74, 6) is 2.09. The molecule has 0 bridgehead atoms. The molecule has 0 aliphatic carbocycles. The summed E-state index contributed by atoms with van der Waals surface area (Å²) in [4.78, 5) is 5.11. The molecule has 0 N–H and O–H groups in total. The quantitative estimate of drug-likeness (QED) is 0.161. The summed E-state index contributed by atoms with van der Waals surface area (Å²) < 4.78 is 17.1. The number of anilines is 6. The minimum absolute atomic E-state index is 1.05. The van der Waals surface area contributed by atoms with E-state index in [1.54, 1.807) is 0 Å². The molecule has 3 nitrogen and oxygen atoms in total. The molecule has 48 heavy (non-hydrogen) atoms. The van der Waals surface area contributed by atoms with E-state index >= 15 is 0 Å². The van der Waals surface area contributed by atoms with Crippen LogP contribution in [0.4, 0.5) is 34.1 Å². The Bertz CT molecular complexity index is 2650. The number of benzene rings is 7. The summed E-state index contributed by atoms with van der Waals surface area (Å²) in [6.07, 6.45) is 0. The van der Waals surface area contributed by atoms with Gasteiger partial charge in [0.05, 0.1) is 0 Å². The molecule has 5 heterocycles. The van der Waals surface area contributed by atoms with E-state index in [-0.39, 0.29) is 0 Å². The van der Waals surface area contributed by atoms with Crippen molar-refractivity contribution >= 4 is 129 Å². The summed E-state index contributed by atoms with van der Waals surface area (Å²) in [7, 11) is 0. The minimum atomic E-state index is -3.01. The Morgan fingerprint density at radius 1 is 0.438 bits per heavy atom. The van der Waals surface area contributed by atoms with Gasteiger partial charge in [0, 0.05) is 0 Å². The third kappa shape index (κ3) is 3.26. The molecular formula is C42H23BiN2OS2. The number of hydrogen-bond acceptors (Lipinski definition) is 5. The third-order valence-electron chi connectivity index (χ3n) is 10.0. The summed E-state index contributed by atoms with van der Waals surface area (Å²) in [5.41, 5.74) is 7.66. The van der Waals surface area contributed by atoms with Crippen LogP contribution in [0, 0.1) is 0 Å². The topological polar surface area (TPSA) is 15.7 Å². The molecule has 0 saturated heterocycles. The summed E-state index contributed by atoms with van der Waals surface area (Å²) in [5, 5.41) is 5.16. The van der Waals surface area contributed by atoms with Crippen LogP contribution in [0.2, 0.25) is 0 Å². The van der Waals surface area contributed by atoms with E-state index in [9.17, 15) is 0 Å². The molecule has 3 aliphatic rings. The van der Waals surface area contributed by atoms with E-state index in [0.29, 0.717) is 0 Å². The van der Waals surface area contributed by atoms with Crippen LogP contribution in [0.15, 0.2) is 140 Å². The van der Waals surface area contributed by atoms with Gasteiger partial charge in [-0.2, -0.15) is 0 Å². The molecule has 0 amide bonds. The first kappa shape index (κ1) is 26.2. The standard InChI is InChI=1S/C42H23N2OS2.Bi/c1-3-12-27(13-4-1)43-29-16-11-17-30(22-29)44(28-14-5-2-6-15-28)38-26-32(24-36-34-19-8-10-21-40(34)47-42(36)38)45-31-23-35-33-18-7-9-20-39(33)46-41(35)37(43)25-31;/h1-21,23-24H;. The van der Waals surface area contributed by atoms with Crippen LogP contribution in [-0.2, 0) is 0 Å². The van der Waals surface area contributed by atoms with Gasteiger partial charge in [-0.05, 0) is 0 Å². The van der Waals surface area contributed by atoms with Crippen molar-refractivity contribution in [3.63, 3.8) is 0 Å². The van der Waals surface area contributed by atoms with Crippen LogP contribution < -0.4 is 24.4 Å². The molecule has 0 saturated carbocycles. The van der Waals surface area contributed by atoms with Gasteiger partial charge in [-0.1, -0.05) is 0 Å². The van der Waals surface area contributed by atoms with E-state index in [4.69, 9.17) is 4.74 Å². The molecule has 0 radical (unpaired) electrons. The van der Waals surface area contributed by atoms with Crippen molar-refractivity contribution in [3.05, 3.63) is 140 Å². The van der Waals surface area contributed by atoms with Gasteiger partial charge in [0.25, 0.3) is 0 Å². The van der Waals surface area contributed by atoms with Crippen LogP contribution in [-0.4, -0.2) is 21.8 Å². The van der Waals surface area contributed by atoms with E-state index in [2.05, 4.69) is 149 Å². The first-order valence-electron chi connectivity index (χ1n) is 16.1. The second-order valence-electron chi connectivity index (χ2n) is 12.5. The van der Waals surface area contributed by atoms with Crippen LogP contribution in [0.3, 0.4) is 0 Å². The number of thiophene rings is 2. The number of fused-ring (bicyclic) bond motifs is 8. The maximum absolute atomic E-state index is 7.28. The number of nitrogens with zero attached hydrogens (tertiary/aromatic N) is 2. The molecule has 12 rings (SSSR count). The van der Waals surface area contributed by atoms with Crippen molar-refractivity contribution in [2.75, 3.05) is 9.80 Å². The van der Waals surface area contributed by atoms with Gasteiger partial charge in [0.1, 0.15) is 0 Å². The summed E-state index contributed by atoms with van der Waals surface area (Å²) >= 11 is 0.835. The second-order valence-corrected chi connectivity index (χ2v) is 22.4. The fourth-order valence-corrected chi connectivity index (χ4v) is 22.8. The second kappa shape index (κ2) is 9.45. The number of hydrogen-bond donors (Lipinski definition) is 0. The Labute approximate surface area is 292 Å². The molecule has 0 spiro atoms. The first-order valence-corrected chi connectivity index (χ1v) is 23.0. The first-order chi connectivity index (χ1) is 23.8. The van der Waals surface area contributed by atoms with E-state index in [0.717, 1.165) is 11.5 Å². The Hall–Kier alpha value is -4.74. The third-order valence-corrected chi connectivity index (χ3v) is 22.7. The summed E-state index contributed by atoms with van der Waals surface area (Å²) in [6.45, 7) is 0. The predicted octanol–water partition coefficient (Wildman–Crippen LogP) is 10.6. The zero-order valence-corrected chi connectivity index (χ0v) is 30.5. The van der Waals surface area contributed by atoms with Crippen molar-refractivity contribution < 1.29 is 4.74 Å². The van der Waals surface area contributed by atoms with E-state index < -0.39 is 21.8 Å². The van der Waals surface area contributed by atoms with E-state index in [1.165, 1.54) is 84.3 Å². The maximum atomic E-state index is 7.28. The van der Waals surface area contributed by atoms with Gasteiger partial charge in [0.2, 0.25) is 0 Å². The Morgan fingerprint density at radius 3 is 1.40 bits per heavy atom. The molecule has 7 aromatic carbocycles. The summed E-state index contributed by atoms with van der Waals surface area (Å²) in [6, 6.07) is 51.4. The van der Waals surface area contributed by atoms with Gasteiger partial charge in [0.15, 0.2) is 0 Å². The van der Waals surface area contributed by atoms with Crippen LogP contribution in [0.1, 0.15) is 0 Å². The van der Waals surface area contributed by atoms with Gasteiger partial charge in [-0.3, -0.25) is 0 Å². The van der Waals surface area contributed by atoms with Gasteiger partial charge in [-0.15, -0.1) is 0 Å². The van der Waals surface area contributed by atoms with Gasteiger partial charge >= 0.3 is 294 Å². The van der Waals surface area contributed by atoms with Gasteiger partial charge < -0.3 is 0 Å². The molecular weight excluding hydrogens is 822 g/mol. The molecule has 2 aromatic heterocycles. The Kier molecular flexibility index (Phi) is 5.17. The van der Waals surface area contributed by atoms with Crippen LogP contribution >= 0.6 is 22.7 Å². The zero-order valence-electron chi connectivity index (χ0n) is 25.3. The van der Waals surface area contributed by atoms with Crippen molar-refractivity contribution in [2.24, 2.45) is 0 Å². The van der Waals surface area contributed by atoms with Crippen molar-refractivity contribution in [2.45, 2.75) is 0 Å². The molecule has 0 unspecified atom stereocenters. The average molecular weight is 845 g/mol. The molecule has 6 heteroatoms. The van der Waals surface area contributed by atoms with Crippen molar-refractivity contribution in [1.29, 1.82) is 0 Å². The number of para-hydroxylation sites is 2. The van der Waals surface area contributed by atoms with Crippen LogP contribution in [0.25, 0.3) is 40.3 Å². The number of rotatable bonds is 2. The Balaban J connectivity index is 1.30. The fourth-order valence-electron chi connectivity index (χ4n) is 8.11. The van der Waals surface area contributed by atoms with Gasteiger partial charge in [-0.25, -0.2) is 0 Å². The zero-order chi connectivity index (χ0) is 31.1. The SMILES string of the molecule is c1ccc(N2c3cccc4[c]3[Bi]3[c]5c(cc6c(sc7ccccc76)c52)Oc2cc5c(sc6ccccc65)c([c]23)N4c2ccccc2)cc1. The van der Waals surface area contributed by atoms with E-state index in [1.807, 2.05) is 22.7 Å². The predicted molar refractivity (Wildman–Crippen MR) is 206 cm³/mol. The normalized spacial score (nSPS) is 14.2. The van der Waals surface area contributed by atoms with Crippen LogP contribution in [0.5, 0.6) is 11.5 Å². The average Bonchev–Trinajstić information content (AvgIpc) is 3.71.